The SMILES string of the molecule is CSc1ccc(CCC(=O)N2CC(N3CCC(C(N)=O)CC3)C2)cc1. The molecule has 2 aliphatic heterocycles. The summed E-state index contributed by atoms with van der Waals surface area (Å²) in [6.07, 6.45) is 5.15. The molecule has 5 nitrogen and oxygen atoms in total. The maximum Gasteiger partial charge on any atom is 0.223 e. The number of nitrogens with zero attached hydrogens (tertiary/aromatic N) is 2. The van der Waals surface area contributed by atoms with Gasteiger partial charge in [-0.15, -0.1) is 11.8 Å². The number of amides is 2. The van der Waals surface area contributed by atoms with Crippen molar-refractivity contribution in [3.63, 3.8) is 0 Å². The number of thioether (sulfide) groups is 1. The van der Waals surface area contributed by atoms with E-state index in [1.54, 1.807) is 11.8 Å². The van der Waals surface area contributed by atoms with Gasteiger partial charge in [-0.1, -0.05) is 12.1 Å². The van der Waals surface area contributed by atoms with Crippen molar-refractivity contribution in [2.45, 2.75) is 36.6 Å². The van der Waals surface area contributed by atoms with Gasteiger partial charge in [0.15, 0.2) is 0 Å². The van der Waals surface area contributed by atoms with Crippen molar-refractivity contribution in [3.8, 4) is 0 Å². The molecule has 136 valence electrons. The second-order valence-corrected chi connectivity index (χ2v) is 7.89. The van der Waals surface area contributed by atoms with Crippen LogP contribution >= 0.6 is 11.8 Å². The molecule has 0 aliphatic carbocycles. The maximum absolute atomic E-state index is 12.3. The molecule has 2 aliphatic rings. The first-order chi connectivity index (χ1) is 12.1. The number of hydrogen-bond donors (Lipinski definition) is 1. The van der Waals surface area contributed by atoms with Crippen LogP contribution in [0.4, 0.5) is 0 Å². The fraction of sp³-hybridized carbons (Fsp3) is 0.579. The summed E-state index contributed by atoms with van der Waals surface area (Å²) in [5.41, 5.74) is 6.60. The lowest BCUT2D eigenvalue weighted by Gasteiger charge is -2.47. The van der Waals surface area contributed by atoms with Crippen LogP contribution in [0.5, 0.6) is 0 Å². The number of nitrogens with two attached hydrogens (primary N) is 1. The summed E-state index contributed by atoms with van der Waals surface area (Å²) in [6, 6.07) is 8.90. The maximum atomic E-state index is 12.3. The number of carbonyl (C=O) groups excluding carboxylic acids is 2. The molecule has 2 N–H and O–H groups in total. The van der Waals surface area contributed by atoms with Crippen LogP contribution in [0, 0.1) is 5.92 Å². The van der Waals surface area contributed by atoms with E-state index in [0.29, 0.717) is 12.5 Å². The van der Waals surface area contributed by atoms with Gasteiger partial charge in [0.1, 0.15) is 0 Å². The van der Waals surface area contributed by atoms with Crippen molar-refractivity contribution in [1.29, 1.82) is 0 Å². The van der Waals surface area contributed by atoms with E-state index in [1.165, 1.54) is 10.5 Å². The molecular formula is C19H27N3O2S. The highest BCUT2D eigenvalue weighted by Gasteiger charge is 2.36. The Morgan fingerprint density at radius 3 is 2.36 bits per heavy atom. The van der Waals surface area contributed by atoms with Gasteiger partial charge in [0.2, 0.25) is 11.8 Å². The van der Waals surface area contributed by atoms with Crippen molar-refractivity contribution >= 4 is 23.6 Å². The molecule has 2 fully saturated rings. The highest BCUT2D eigenvalue weighted by atomic mass is 32.2. The monoisotopic (exact) mass is 361 g/mol. The third-order valence-corrected chi connectivity index (χ3v) is 6.19. The molecule has 0 unspecified atom stereocenters. The fourth-order valence-corrected chi connectivity index (χ4v) is 4.05. The van der Waals surface area contributed by atoms with Gasteiger partial charge >= 0.3 is 0 Å². The number of primary amides is 1. The van der Waals surface area contributed by atoms with Gasteiger partial charge in [0, 0.05) is 36.4 Å². The smallest absolute Gasteiger partial charge is 0.223 e. The molecule has 3 rings (SSSR count). The minimum atomic E-state index is -0.171. The standard InChI is InChI=1S/C19H27N3O2S/c1-25-17-5-2-14(3-6-17)4-7-18(23)22-12-16(13-22)21-10-8-15(9-11-21)19(20)24/h2-3,5-6,15-16H,4,7-13H2,1H3,(H2,20,24). The number of carbonyl (C=O) groups is 2. The summed E-state index contributed by atoms with van der Waals surface area (Å²) in [6.45, 7) is 3.49. The third kappa shape index (κ3) is 4.55. The van der Waals surface area contributed by atoms with E-state index >= 15 is 0 Å². The molecule has 2 amide bonds. The van der Waals surface area contributed by atoms with Crippen molar-refractivity contribution in [2.75, 3.05) is 32.4 Å². The van der Waals surface area contributed by atoms with E-state index in [0.717, 1.165) is 45.4 Å². The average Bonchev–Trinajstić information content (AvgIpc) is 2.59. The van der Waals surface area contributed by atoms with Gasteiger partial charge in [-0.05, 0) is 56.3 Å². The molecule has 0 atom stereocenters. The Balaban J connectivity index is 1.37. The highest BCUT2D eigenvalue weighted by molar-refractivity contribution is 7.98. The minimum absolute atomic E-state index is 0.0339. The Morgan fingerprint density at radius 2 is 1.80 bits per heavy atom. The lowest BCUT2D eigenvalue weighted by molar-refractivity contribution is -0.139. The van der Waals surface area contributed by atoms with Crippen LogP contribution in [0.3, 0.4) is 0 Å². The third-order valence-electron chi connectivity index (χ3n) is 5.45. The molecule has 0 aromatic heterocycles. The van der Waals surface area contributed by atoms with Crippen molar-refractivity contribution < 1.29 is 9.59 Å². The molecule has 0 radical (unpaired) electrons. The zero-order chi connectivity index (χ0) is 17.8. The predicted octanol–water partition coefficient (Wildman–Crippen LogP) is 1.75. The van der Waals surface area contributed by atoms with E-state index in [1.807, 2.05) is 4.90 Å². The van der Waals surface area contributed by atoms with Gasteiger partial charge in [0.05, 0.1) is 0 Å². The van der Waals surface area contributed by atoms with Gasteiger partial charge in [-0.3, -0.25) is 14.5 Å². The number of aryl methyl sites for hydroxylation is 1. The molecule has 6 heteroatoms. The van der Waals surface area contributed by atoms with Crippen LogP contribution in [0.15, 0.2) is 29.2 Å². The Hall–Kier alpha value is -1.53. The van der Waals surface area contributed by atoms with E-state index in [9.17, 15) is 9.59 Å². The van der Waals surface area contributed by atoms with Gasteiger partial charge in [0.25, 0.3) is 0 Å². The first kappa shape index (κ1) is 18.3. The number of benzene rings is 1. The van der Waals surface area contributed by atoms with Crippen LogP contribution in [0.2, 0.25) is 0 Å². The van der Waals surface area contributed by atoms with Gasteiger partial charge < -0.3 is 10.6 Å². The molecule has 0 spiro atoms. The van der Waals surface area contributed by atoms with E-state index < -0.39 is 0 Å². The summed E-state index contributed by atoms with van der Waals surface area (Å²) in [5.74, 6) is 0.111. The summed E-state index contributed by atoms with van der Waals surface area (Å²) >= 11 is 1.73. The molecule has 25 heavy (non-hydrogen) atoms. The quantitative estimate of drug-likeness (QED) is 0.784. The Morgan fingerprint density at radius 1 is 1.16 bits per heavy atom. The zero-order valence-corrected chi connectivity index (χ0v) is 15.6. The highest BCUT2D eigenvalue weighted by Crippen LogP contribution is 2.24. The summed E-state index contributed by atoms with van der Waals surface area (Å²) < 4.78 is 0. The Bertz CT molecular complexity index is 606. The van der Waals surface area contributed by atoms with E-state index in [-0.39, 0.29) is 17.7 Å². The predicted molar refractivity (Wildman–Crippen MR) is 100 cm³/mol. The summed E-state index contributed by atoms with van der Waals surface area (Å²) in [7, 11) is 0. The van der Waals surface area contributed by atoms with Crippen molar-refractivity contribution in [3.05, 3.63) is 29.8 Å². The van der Waals surface area contributed by atoms with Crippen LogP contribution in [-0.2, 0) is 16.0 Å². The van der Waals surface area contributed by atoms with Crippen molar-refractivity contribution in [1.82, 2.24) is 9.80 Å². The summed E-state index contributed by atoms with van der Waals surface area (Å²) in [4.78, 5) is 29.2. The van der Waals surface area contributed by atoms with Crippen molar-refractivity contribution in [2.24, 2.45) is 11.7 Å². The van der Waals surface area contributed by atoms with Crippen LogP contribution in [-0.4, -0.2) is 60.1 Å². The fourth-order valence-electron chi connectivity index (χ4n) is 3.64. The van der Waals surface area contributed by atoms with Crippen LogP contribution in [0.25, 0.3) is 0 Å². The molecule has 2 heterocycles. The second kappa shape index (κ2) is 8.23. The average molecular weight is 362 g/mol. The molecule has 1 aromatic carbocycles. The molecule has 0 bridgehead atoms. The van der Waals surface area contributed by atoms with E-state index in [2.05, 4.69) is 35.4 Å². The molecule has 1 aromatic rings. The topological polar surface area (TPSA) is 66.6 Å². The Kier molecular flexibility index (Phi) is 6.02. The van der Waals surface area contributed by atoms with E-state index in [4.69, 9.17) is 5.73 Å². The van der Waals surface area contributed by atoms with Gasteiger partial charge in [-0.25, -0.2) is 0 Å². The molecular weight excluding hydrogens is 334 g/mol. The first-order valence-corrected chi connectivity index (χ1v) is 10.2. The Labute approximate surface area is 153 Å². The van der Waals surface area contributed by atoms with Crippen LogP contribution in [0.1, 0.15) is 24.8 Å². The summed E-state index contributed by atoms with van der Waals surface area (Å²) in [5, 5.41) is 0. The molecule has 2 saturated heterocycles. The largest absolute Gasteiger partial charge is 0.369 e. The minimum Gasteiger partial charge on any atom is -0.369 e. The number of hydrogen-bond acceptors (Lipinski definition) is 4. The first-order valence-electron chi connectivity index (χ1n) is 9.01. The van der Waals surface area contributed by atoms with Crippen LogP contribution < -0.4 is 5.73 Å². The normalized spacial score (nSPS) is 19.6. The zero-order valence-electron chi connectivity index (χ0n) is 14.8. The van der Waals surface area contributed by atoms with Gasteiger partial charge in [-0.2, -0.15) is 0 Å². The number of likely N-dealkylation sites (tertiary alicyclic amines) is 2. The number of rotatable bonds is 6. The lowest BCUT2D eigenvalue weighted by Crippen LogP contribution is -2.62. The number of piperidine rings is 1. The second-order valence-electron chi connectivity index (χ2n) is 7.01. The lowest BCUT2D eigenvalue weighted by atomic mass is 9.93. The molecule has 0 saturated carbocycles.